The van der Waals surface area contributed by atoms with Crippen LogP contribution in [0.5, 0.6) is 0 Å². The van der Waals surface area contributed by atoms with E-state index in [1.807, 2.05) is 25.3 Å². The van der Waals surface area contributed by atoms with Crippen LogP contribution in [0.15, 0.2) is 11.4 Å². The molecule has 7 heteroatoms. The fraction of sp³-hybridized carbons (Fsp3) is 0.273. The van der Waals surface area contributed by atoms with Crippen LogP contribution in [0, 0.1) is 13.8 Å². The molecule has 0 atom stereocenters. The van der Waals surface area contributed by atoms with Crippen LogP contribution in [0.2, 0.25) is 5.02 Å². The van der Waals surface area contributed by atoms with Gasteiger partial charge < -0.3 is 0 Å². The van der Waals surface area contributed by atoms with Gasteiger partial charge in [0, 0.05) is 0 Å². The van der Waals surface area contributed by atoms with Crippen LogP contribution < -0.4 is 11.3 Å². The highest BCUT2D eigenvalue weighted by Crippen LogP contribution is 2.22. The number of carbonyl (C=O) groups excluding carboxylic acids is 1. The number of nitrogens with one attached hydrogen (secondary N) is 1. The van der Waals surface area contributed by atoms with Crippen molar-refractivity contribution in [1.82, 2.24) is 15.2 Å². The highest BCUT2D eigenvalue weighted by molar-refractivity contribution is 7.12. The Labute approximate surface area is 114 Å². The molecule has 0 aliphatic heterocycles. The number of halogens is 1. The number of carbonyl (C=O) groups is 1. The minimum Gasteiger partial charge on any atom is -0.289 e. The molecular weight excluding hydrogens is 272 g/mol. The number of aryl methyl sites for hydroxylation is 1. The second kappa shape index (κ2) is 5.09. The van der Waals surface area contributed by atoms with E-state index < -0.39 is 0 Å². The van der Waals surface area contributed by atoms with Gasteiger partial charge in [-0.15, -0.1) is 11.3 Å². The Bertz CT molecular complexity index is 590. The fourth-order valence-corrected chi connectivity index (χ4v) is 2.67. The van der Waals surface area contributed by atoms with Crippen LogP contribution in [-0.2, 0) is 6.54 Å². The van der Waals surface area contributed by atoms with E-state index in [1.54, 1.807) is 4.68 Å². The highest BCUT2D eigenvalue weighted by atomic mass is 35.5. The van der Waals surface area contributed by atoms with E-state index in [0.29, 0.717) is 16.4 Å². The fourth-order valence-electron chi connectivity index (χ4n) is 1.72. The Balaban J connectivity index is 2.32. The SMILES string of the molecule is Cc1nn(Cc2ccsc2C(=O)NN)c(C)c1Cl. The predicted molar refractivity (Wildman–Crippen MR) is 71.8 cm³/mol. The number of aromatic nitrogens is 2. The van der Waals surface area contributed by atoms with Crippen LogP contribution in [0.3, 0.4) is 0 Å². The Kier molecular flexibility index (Phi) is 3.70. The van der Waals surface area contributed by atoms with Gasteiger partial charge in [0.25, 0.3) is 5.91 Å². The minimum absolute atomic E-state index is 0.285. The Morgan fingerprint density at radius 2 is 2.33 bits per heavy atom. The topological polar surface area (TPSA) is 72.9 Å². The number of hydrazine groups is 1. The third-order valence-electron chi connectivity index (χ3n) is 2.70. The van der Waals surface area contributed by atoms with Crippen molar-refractivity contribution in [3.8, 4) is 0 Å². The summed E-state index contributed by atoms with van der Waals surface area (Å²) < 4.78 is 1.78. The van der Waals surface area contributed by atoms with Crippen molar-refractivity contribution in [3.05, 3.63) is 38.3 Å². The van der Waals surface area contributed by atoms with Crippen molar-refractivity contribution in [2.75, 3.05) is 0 Å². The van der Waals surface area contributed by atoms with Gasteiger partial charge in [-0.05, 0) is 30.9 Å². The molecule has 0 bridgehead atoms. The zero-order valence-electron chi connectivity index (χ0n) is 10.0. The maximum atomic E-state index is 11.6. The van der Waals surface area contributed by atoms with Gasteiger partial charge in [0.2, 0.25) is 0 Å². The van der Waals surface area contributed by atoms with Crippen LogP contribution in [0.25, 0.3) is 0 Å². The first kappa shape index (κ1) is 13.1. The van der Waals surface area contributed by atoms with Crippen LogP contribution in [0.4, 0.5) is 0 Å². The summed E-state index contributed by atoms with van der Waals surface area (Å²) in [6, 6.07) is 1.89. The second-order valence-corrected chi connectivity index (χ2v) is 5.18. The lowest BCUT2D eigenvalue weighted by Gasteiger charge is -2.05. The van der Waals surface area contributed by atoms with E-state index >= 15 is 0 Å². The summed E-state index contributed by atoms with van der Waals surface area (Å²) in [6.07, 6.45) is 0. The normalized spacial score (nSPS) is 10.7. The van der Waals surface area contributed by atoms with Gasteiger partial charge in [-0.3, -0.25) is 14.9 Å². The largest absolute Gasteiger partial charge is 0.289 e. The molecule has 96 valence electrons. The maximum absolute atomic E-state index is 11.6. The maximum Gasteiger partial charge on any atom is 0.275 e. The smallest absolute Gasteiger partial charge is 0.275 e. The summed E-state index contributed by atoms with van der Waals surface area (Å²) in [7, 11) is 0. The van der Waals surface area contributed by atoms with Crippen molar-refractivity contribution >= 4 is 28.8 Å². The molecule has 2 aromatic rings. The van der Waals surface area contributed by atoms with Crippen LogP contribution in [-0.4, -0.2) is 15.7 Å². The molecule has 2 heterocycles. The van der Waals surface area contributed by atoms with Gasteiger partial charge in [0.1, 0.15) is 0 Å². The van der Waals surface area contributed by atoms with Crippen LogP contribution >= 0.6 is 22.9 Å². The lowest BCUT2D eigenvalue weighted by atomic mass is 10.2. The lowest BCUT2D eigenvalue weighted by Crippen LogP contribution is -2.30. The van der Waals surface area contributed by atoms with Gasteiger partial charge in [-0.25, -0.2) is 5.84 Å². The van der Waals surface area contributed by atoms with E-state index in [0.717, 1.165) is 17.0 Å². The van der Waals surface area contributed by atoms with Crippen LogP contribution in [0.1, 0.15) is 26.6 Å². The molecule has 0 radical (unpaired) electrons. The van der Waals surface area contributed by atoms with E-state index in [4.69, 9.17) is 17.4 Å². The second-order valence-electron chi connectivity index (χ2n) is 3.89. The molecule has 0 saturated heterocycles. The van der Waals surface area contributed by atoms with Gasteiger partial charge in [-0.1, -0.05) is 11.6 Å². The predicted octanol–water partition coefficient (Wildman–Crippen LogP) is 1.87. The average molecular weight is 285 g/mol. The van der Waals surface area contributed by atoms with Crippen molar-refractivity contribution in [2.24, 2.45) is 5.84 Å². The summed E-state index contributed by atoms with van der Waals surface area (Å²) in [6.45, 7) is 4.26. The molecule has 2 aromatic heterocycles. The number of thiophene rings is 1. The number of hydrogen-bond donors (Lipinski definition) is 2. The van der Waals surface area contributed by atoms with E-state index in [-0.39, 0.29) is 5.91 Å². The molecule has 0 unspecified atom stereocenters. The molecule has 0 aliphatic carbocycles. The van der Waals surface area contributed by atoms with E-state index in [9.17, 15) is 4.79 Å². The molecule has 0 fully saturated rings. The molecule has 0 saturated carbocycles. The Morgan fingerprint density at radius 1 is 1.61 bits per heavy atom. The molecule has 0 aliphatic rings. The first-order chi connectivity index (χ1) is 8.54. The van der Waals surface area contributed by atoms with E-state index in [1.165, 1.54) is 11.3 Å². The quantitative estimate of drug-likeness (QED) is 0.513. The average Bonchev–Trinajstić information content (AvgIpc) is 2.91. The molecule has 18 heavy (non-hydrogen) atoms. The molecule has 0 spiro atoms. The third kappa shape index (κ3) is 2.27. The summed E-state index contributed by atoms with van der Waals surface area (Å²) in [5, 5.41) is 6.85. The van der Waals surface area contributed by atoms with Gasteiger partial charge in [0.15, 0.2) is 0 Å². The zero-order valence-corrected chi connectivity index (χ0v) is 11.6. The summed E-state index contributed by atoms with van der Waals surface area (Å²) in [5.74, 6) is 4.86. The van der Waals surface area contributed by atoms with Gasteiger partial charge in [0.05, 0.1) is 27.8 Å². The number of rotatable bonds is 3. The number of hydrogen-bond acceptors (Lipinski definition) is 4. The lowest BCUT2D eigenvalue weighted by molar-refractivity contribution is 0.0956. The van der Waals surface area contributed by atoms with E-state index in [2.05, 4.69) is 10.5 Å². The summed E-state index contributed by atoms with van der Waals surface area (Å²) in [4.78, 5) is 12.2. The first-order valence-electron chi connectivity index (χ1n) is 5.31. The van der Waals surface area contributed by atoms with Gasteiger partial charge >= 0.3 is 0 Å². The molecule has 0 aromatic carbocycles. The zero-order chi connectivity index (χ0) is 13.3. The third-order valence-corrected chi connectivity index (χ3v) is 4.20. The first-order valence-corrected chi connectivity index (χ1v) is 6.57. The molecule has 5 nitrogen and oxygen atoms in total. The van der Waals surface area contributed by atoms with Gasteiger partial charge in [-0.2, -0.15) is 5.10 Å². The number of amides is 1. The Hall–Kier alpha value is -1.37. The Morgan fingerprint density at radius 3 is 2.89 bits per heavy atom. The molecular formula is C11H13ClN4OS. The standard InChI is InChI=1S/C11H13ClN4OS/c1-6-9(12)7(2)16(15-6)5-8-3-4-18-10(8)11(17)14-13/h3-4H,5,13H2,1-2H3,(H,14,17). The number of nitrogens with zero attached hydrogens (tertiary/aromatic N) is 2. The molecule has 2 rings (SSSR count). The monoisotopic (exact) mass is 284 g/mol. The van der Waals surface area contributed by atoms with Crippen molar-refractivity contribution in [1.29, 1.82) is 0 Å². The van der Waals surface area contributed by atoms with Crippen molar-refractivity contribution in [2.45, 2.75) is 20.4 Å². The number of nitrogen functional groups attached to an aromatic ring is 1. The van der Waals surface area contributed by atoms with Crippen molar-refractivity contribution in [3.63, 3.8) is 0 Å². The molecule has 3 N–H and O–H groups in total. The minimum atomic E-state index is -0.285. The summed E-state index contributed by atoms with van der Waals surface area (Å²) >= 11 is 7.44. The summed E-state index contributed by atoms with van der Waals surface area (Å²) in [5.41, 5.74) is 4.70. The number of nitrogens with two attached hydrogens (primary N) is 1. The molecule has 1 amide bonds. The van der Waals surface area contributed by atoms with Crippen molar-refractivity contribution < 1.29 is 4.79 Å². The highest BCUT2D eigenvalue weighted by Gasteiger charge is 2.15.